The van der Waals surface area contributed by atoms with Crippen LogP contribution in [-0.4, -0.2) is 41.4 Å². The second-order valence-corrected chi connectivity index (χ2v) is 5.25. The molecule has 4 nitrogen and oxygen atoms in total. The van der Waals surface area contributed by atoms with Crippen LogP contribution in [0.2, 0.25) is 0 Å². The van der Waals surface area contributed by atoms with Gasteiger partial charge in [-0.15, -0.1) is 0 Å². The molecule has 3 heterocycles. The highest BCUT2D eigenvalue weighted by Crippen LogP contribution is 2.30. The summed E-state index contributed by atoms with van der Waals surface area (Å²) in [6, 6.07) is 2.44. The zero-order chi connectivity index (χ0) is 11.8. The van der Waals surface area contributed by atoms with Gasteiger partial charge in [0.25, 0.3) is 0 Å². The van der Waals surface area contributed by atoms with Crippen LogP contribution in [0.4, 0.5) is 0 Å². The van der Waals surface area contributed by atoms with Crippen molar-refractivity contribution in [1.82, 2.24) is 9.80 Å². The standard InChI is InChI=1S/C13H18N2O2/c1-10(16)15-7-12-4-13(15)8-14(6-12)5-11-2-3-17-9-11/h2-3,9,12-13H,4-8H2,1H3/t12-,13-/m0/s1. The van der Waals surface area contributed by atoms with Gasteiger partial charge in [0.1, 0.15) is 0 Å². The van der Waals surface area contributed by atoms with Crippen LogP contribution in [0.1, 0.15) is 18.9 Å². The maximum Gasteiger partial charge on any atom is 0.219 e. The van der Waals surface area contributed by atoms with Crippen molar-refractivity contribution in [2.24, 2.45) is 5.92 Å². The van der Waals surface area contributed by atoms with Gasteiger partial charge in [-0.1, -0.05) is 0 Å². The van der Waals surface area contributed by atoms with Gasteiger partial charge in [-0.25, -0.2) is 0 Å². The Morgan fingerprint density at radius 2 is 2.35 bits per heavy atom. The Morgan fingerprint density at radius 3 is 3.06 bits per heavy atom. The van der Waals surface area contributed by atoms with Crippen LogP contribution in [0.3, 0.4) is 0 Å². The van der Waals surface area contributed by atoms with Gasteiger partial charge in [0.15, 0.2) is 0 Å². The number of fused-ring (bicyclic) bond motifs is 2. The Kier molecular flexibility index (Phi) is 2.67. The summed E-state index contributed by atoms with van der Waals surface area (Å²) in [5, 5.41) is 0. The molecule has 0 aliphatic carbocycles. The number of rotatable bonds is 2. The topological polar surface area (TPSA) is 36.7 Å². The van der Waals surface area contributed by atoms with Gasteiger partial charge in [-0.05, 0) is 18.4 Å². The van der Waals surface area contributed by atoms with E-state index in [0.29, 0.717) is 12.0 Å². The van der Waals surface area contributed by atoms with Crippen LogP contribution in [0.25, 0.3) is 0 Å². The molecule has 2 aliphatic heterocycles. The quantitative estimate of drug-likeness (QED) is 0.774. The van der Waals surface area contributed by atoms with E-state index in [4.69, 9.17) is 4.42 Å². The minimum absolute atomic E-state index is 0.225. The molecule has 0 N–H and O–H groups in total. The first-order valence-electron chi connectivity index (χ1n) is 6.23. The highest BCUT2D eigenvalue weighted by Gasteiger charge is 2.39. The molecule has 0 spiro atoms. The third-order valence-electron chi connectivity index (χ3n) is 3.88. The van der Waals surface area contributed by atoms with Gasteiger partial charge < -0.3 is 9.32 Å². The van der Waals surface area contributed by atoms with E-state index in [2.05, 4.69) is 4.90 Å². The van der Waals surface area contributed by atoms with Crippen LogP contribution in [0.5, 0.6) is 0 Å². The van der Waals surface area contributed by atoms with Gasteiger partial charge in [0.05, 0.1) is 12.5 Å². The first-order valence-corrected chi connectivity index (χ1v) is 6.23. The molecule has 0 radical (unpaired) electrons. The number of piperidine rings is 1. The zero-order valence-corrected chi connectivity index (χ0v) is 10.1. The summed E-state index contributed by atoms with van der Waals surface area (Å²) >= 11 is 0. The van der Waals surface area contributed by atoms with Gasteiger partial charge in [0, 0.05) is 44.7 Å². The summed E-state index contributed by atoms with van der Waals surface area (Å²) < 4.78 is 5.09. The molecule has 1 aromatic rings. The molecule has 2 fully saturated rings. The highest BCUT2D eigenvalue weighted by molar-refractivity contribution is 5.74. The van der Waals surface area contributed by atoms with Crippen molar-refractivity contribution in [2.45, 2.75) is 25.9 Å². The number of likely N-dealkylation sites (tertiary alicyclic amines) is 2. The summed E-state index contributed by atoms with van der Waals surface area (Å²) in [6.45, 7) is 5.67. The van der Waals surface area contributed by atoms with Crippen LogP contribution in [0.15, 0.2) is 23.0 Å². The van der Waals surface area contributed by atoms with E-state index in [1.807, 2.05) is 11.0 Å². The summed E-state index contributed by atoms with van der Waals surface area (Å²) in [5.41, 5.74) is 1.22. The highest BCUT2D eigenvalue weighted by atomic mass is 16.3. The van der Waals surface area contributed by atoms with E-state index in [-0.39, 0.29) is 5.91 Å². The third-order valence-corrected chi connectivity index (χ3v) is 3.88. The molecule has 1 aromatic heterocycles. The maximum atomic E-state index is 11.5. The van der Waals surface area contributed by atoms with E-state index >= 15 is 0 Å². The van der Waals surface area contributed by atoms with Gasteiger partial charge in [0.2, 0.25) is 5.91 Å². The molecule has 2 saturated heterocycles. The number of amides is 1. The summed E-state index contributed by atoms with van der Waals surface area (Å²) in [6.07, 6.45) is 4.70. The van der Waals surface area contributed by atoms with E-state index < -0.39 is 0 Å². The number of carbonyl (C=O) groups is 1. The molecular weight excluding hydrogens is 216 g/mol. The number of carbonyl (C=O) groups excluding carboxylic acids is 1. The Balaban J connectivity index is 1.66. The monoisotopic (exact) mass is 234 g/mol. The smallest absolute Gasteiger partial charge is 0.219 e. The molecule has 2 atom stereocenters. The largest absolute Gasteiger partial charge is 0.472 e. The predicted octanol–water partition coefficient (Wildman–Crippen LogP) is 1.33. The molecule has 4 heteroatoms. The second kappa shape index (κ2) is 4.18. The van der Waals surface area contributed by atoms with Gasteiger partial charge in [-0.2, -0.15) is 0 Å². The first kappa shape index (κ1) is 10.8. The molecule has 92 valence electrons. The lowest BCUT2D eigenvalue weighted by Gasteiger charge is -2.32. The third kappa shape index (κ3) is 2.09. The van der Waals surface area contributed by atoms with Crippen molar-refractivity contribution in [3.8, 4) is 0 Å². The zero-order valence-electron chi connectivity index (χ0n) is 10.1. The number of nitrogens with zero attached hydrogens (tertiary/aromatic N) is 2. The number of furan rings is 1. The van der Waals surface area contributed by atoms with Gasteiger partial charge >= 0.3 is 0 Å². The normalized spacial score (nSPS) is 28.6. The van der Waals surface area contributed by atoms with Crippen LogP contribution < -0.4 is 0 Å². The lowest BCUT2D eigenvalue weighted by Crippen LogP contribution is -2.43. The first-order chi connectivity index (χ1) is 8.22. The fourth-order valence-corrected chi connectivity index (χ4v) is 3.21. The summed E-state index contributed by atoms with van der Waals surface area (Å²) in [7, 11) is 0. The van der Waals surface area contributed by atoms with Crippen molar-refractivity contribution >= 4 is 5.91 Å². The lowest BCUT2D eigenvalue weighted by atomic mass is 10.00. The molecule has 2 bridgehead atoms. The molecule has 0 aromatic carbocycles. The maximum absolute atomic E-state index is 11.5. The number of hydrogen-bond donors (Lipinski definition) is 0. The van der Waals surface area contributed by atoms with Crippen LogP contribution in [-0.2, 0) is 11.3 Å². The average molecular weight is 234 g/mol. The molecule has 1 amide bonds. The molecular formula is C13H18N2O2. The lowest BCUT2D eigenvalue weighted by molar-refractivity contribution is -0.129. The van der Waals surface area contributed by atoms with E-state index in [0.717, 1.165) is 26.2 Å². The second-order valence-electron chi connectivity index (χ2n) is 5.25. The Labute approximate surface area is 101 Å². The van der Waals surface area contributed by atoms with Crippen molar-refractivity contribution < 1.29 is 9.21 Å². The Hall–Kier alpha value is -1.29. The van der Waals surface area contributed by atoms with E-state index in [9.17, 15) is 4.79 Å². The van der Waals surface area contributed by atoms with Crippen molar-refractivity contribution in [2.75, 3.05) is 19.6 Å². The molecule has 3 rings (SSSR count). The molecule has 0 unspecified atom stereocenters. The SMILES string of the molecule is CC(=O)N1C[C@H]2C[C@H]1CN(Cc1ccoc1)C2. The van der Waals surface area contributed by atoms with Crippen molar-refractivity contribution in [3.05, 3.63) is 24.2 Å². The predicted molar refractivity (Wildman–Crippen MR) is 63.3 cm³/mol. The average Bonchev–Trinajstić information content (AvgIpc) is 2.86. The molecule has 2 aliphatic rings. The van der Waals surface area contributed by atoms with E-state index in [1.54, 1.807) is 19.5 Å². The summed E-state index contributed by atoms with van der Waals surface area (Å²) in [4.78, 5) is 16.0. The minimum Gasteiger partial charge on any atom is -0.472 e. The molecule has 17 heavy (non-hydrogen) atoms. The van der Waals surface area contributed by atoms with E-state index in [1.165, 1.54) is 12.0 Å². The van der Waals surface area contributed by atoms with Crippen LogP contribution >= 0.6 is 0 Å². The fourth-order valence-electron chi connectivity index (χ4n) is 3.21. The number of hydrogen-bond acceptors (Lipinski definition) is 3. The Bertz CT molecular complexity index is 402. The van der Waals surface area contributed by atoms with Gasteiger partial charge in [-0.3, -0.25) is 9.69 Å². The Morgan fingerprint density at radius 1 is 1.47 bits per heavy atom. The summed E-state index contributed by atoms with van der Waals surface area (Å²) in [5.74, 6) is 0.882. The van der Waals surface area contributed by atoms with Crippen molar-refractivity contribution in [1.29, 1.82) is 0 Å². The van der Waals surface area contributed by atoms with Crippen LogP contribution in [0, 0.1) is 5.92 Å². The molecule has 0 saturated carbocycles. The van der Waals surface area contributed by atoms with Crippen molar-refractivity contribution in [3.63, 3.8) is 0 Å². The minimum atomic E-state index is 0.225. The fraction of sp³-hybridized carbons (Fsp3) is 0.615.